The third kappa shape index (κ3) is 3.30. The predicted octanol–water partition coefficient (Wildman–Crippen LogP) is 4.16. The van der Waals surface area contributed by atoms with Crippen molar-refractivity contribution in [3.05, 3.63) is 78.0 Å². The van der Waals surface area contributed by atoms with E-state index in [2.05, 4.69) is 15.0 Å². The van der Waals surface area contributed by atoms with Crippen LogP contribution >= 0.6 is 0 Å². The van der Waals surface area contributed by atoms with Crippen LogP contribution in [0.4, 0.5) is 5.82 Å². The second-order valence-electron chi connectivity index (χ2n) is 7.53. The van der Waals surface area contributed by atoms with Crippen LogP contribution < -0.4 is 4.90 Å². The Labute approximate surface area is 174 Å². The molecule has 0 N–H and O–H groups in total. The first-order valence-corrected chi connectivity index (χ1v) is 10.1. The molecule has 0 atom stereocenters. The number of carbonyl (C=O) groups is 1. The summed E-state index contributed by atoms with van der Waals surface area (Å²) in [6.45, 7) is 4.78. The van der Waals surface area contributed by atoms with Gasteiger partial charge in [0.1, 0.15) is 0 Å². The van der Waals surface area contributed by atoms with Crippen LogP contribution in [-0.4, -0.2) is 47.1 Å². The van der Waals surface area contributed by atoms with Gasteiger partial charge >= 0.3 is 0 Å². The maximum atomic E-state index is 13.2. The normalized spacial score (nSPS) is 14.3. The average molecular weight is 398 g/mol. The van der Waals surface area contributed by atoms with Gasteiger partial charge < -0.3 is 14.3 Å². The number of aromatic nitrogens is 2. The SMILES string of the molecule is Cc1ccc(C(=O)N2CCN(c3noc4ccccc34)CC2)cc1-c1ccccn1. The quantitative estimate of drug-likeness (QED) is 0.519. The Morgan fingerprint density at radius 2 is 1.77 bits per heavy atom. The van der Waals surface area contributed by atoms with E-state index in [0.29, 0.717) is 18.7 Å². The standard InChI is InChI=1S/C24H22N4O2/c1-17-9-10-18(16-20(17)21-7-4-5-11-25-21)24(29)28-14-12-27(13-15-28)23-19-6-2-3-8-22(19)30-26-23/h2-11,16H,12-15H2,1H3. The number of piperazine rings is 1. The molecular weight excluding hydrogens is 376 g/mol. The molecule has 6 nitrogen and oxygen atoms in total. The van der Waals surface area contributed by atoms with Crippen molar-refractivity contribution in [1.29, 1.82) is 0 Å². The van der Waals surface area contributed by atoms with E-state index >= 15 is 0 Å². The van der Waals surface area contributed by atoms with Crippen LogP contribution in [0.5, 0.6) is 0 Å². The van der Waals surface area contributed by atoms with Gasteiger partial charge in [0.15, 0.2) is 11.4 Å². The molecule has 2 aromatic heterocycles. The molecule has 5 rings (SSSR count). The zero-order valence-electron chi connectivity index (χ0n) is 16.8. The van der Waals surface area contributed by atoms with E-state index in [1.165, 1.54) is 0 Å². The lowest BCUT2D eigenvalue weighted by molar-refractivity contribution is 0.0746. The number of hydrogen-bond donors (Lipinski definition) is 0. The molecular formula is C24H22N4O2. The molecule has 1 saturated heterocycles. The summed E-state index contributed by atoms with van der Waals surface area (Å²) in [6, 6.07) is 19.5. The summed E-state index contributed by atoms with van der Waals surface area (Å²) in [5.41, 5.74) is 4.46. The fourth-order valence-corrected chi connectivity index (χ4v) is 3.96. The highest BCUT2D eigenvalue weighted by atomic mass is 16.5. The Balaban J connectivity index is 1.33. The Hall–Kier alpha value is -3.67. The number of benzene rings is 2. The van der Waals surface area contributed by atoms with E-state index in [9.17, 15) is 4.79 Å². The van der Waals surface area contributed by atoms with Crippen LogP contribution in [0.25, 0.3) is 22.2 Å². The molecule has 0 spiro atoms. The number of anilines is 1. The molecule has 4 aromatic rings. The van der Waals surface area contributed by atoms with E-state index < -0.39 is 0 Å². The number of amides is 1. The van der Waals surface area contributed by atoms with Gasteiger partial charge in [-0.2, -0.15) is 0 Å². The number of pyridine rings is 1. The van der Waals surface area contributed by atoms with Gasteiger partial charge in [-0.1, -0.05) is 29.4 Å². The van der Waals surface area contributed by atoms with Crippen molar-refractivity contribution in [2.24, 2.45) is 0 Å². The Morgan fingerprint density at radius 1 is 0.967 bits per heavy atom. The molecule has 2 aromatic carbocycles. The molecule has 30 heavy (non-hydrogen) atoms. The summed E-state index contributed by atoms with van der Waals surface area (Å²) >= 11 is 0. The van der Waals surface area contributed by atoms with Gasteiger partial charge in [-0.3, -0.25) is 9.78 Å². The third-order valence-corrected chi connectivity index (χ3v) is 5.65. The minimum absolute atomic E-state index is 0.0526. The summed E-state index contributed by atoms with van der Waals surface area (Å²) in [5, 5.41) is 5.25. The summed E-state index contributed by atoms with van der Waals surface area (Å²) in [7, 11) is 0. The van der Waals surface area contributed by atoms with Gasteiger partial charge in [-0.05, 0) is 48.9 Å². The molecule has 3 heterocycles. The van der Waals surface area contributed by atoms with E-state index in [1.807, 2.05) is 72.5 Å². The Kier molecular flexibility index (Phi) is 4.67. The molecule has 1 amide bonds. The molecule has 1 aliphatic rings. The number of carbonyl (C=O) groups excluding carboxylic acids is 1. The van der Waals surface area contributed by atoms with Gasteiger partial charge in [-0.15, -0.1) is 0 Å². The minimum Gasteiger partial charge on any atom is -0.354 e. The second-order valence-corrected chi connectivity index (χ2v) is 7.53. The van der Waals surface area contributed by atoms with E-state index in [4.69, 9.17) is 4.52 Å². The van der Waals surface area contributed by atoms with Crippen molar-refractivity contribution < 1.29 is 9.32 Å². The van der Waals surface area contributed by atoms with Crippen LogP contribution in [0.2, 0.25) is 0 Å². The molecule has 0 aliphatic carbocycles. The van der Waals surface area contributed by atoms with Crippen molar-refractivity contribution in [3.63, 3.8) is 0 Å². The van der Waals surface area contributed by atoms with Crippen LogP contribution in [0.15, 0.2) is 71.4 Å². The average Bonchev–Trinajstić information content (AvgIpc) is 3.24. The first-order chi connectivity index (χ1) is 14.7. The fraction of sp³-hybridized carbons (Fsp3) is 0.208. The molecule has 1 fully saturated rings. The van der Waals surface area contributed by atoms with E-state index in [0.717, 1.165) is 46.7 Å². The highest BCUT2D eigenvalue weighted by molar-refractivity contribution is 5.96. The monoisotopic (exact) mass is 398 g/mol. The van der Waals surface area contributed by atoms with Gasteiger partial charge in [0.2, 0.25) is 0 Å². The van der Waals surface area contributed by atoms with Crippen LogP contribution in [-0.2, 0) is 0 Å². The first kappa shape index (κ1) is 18.4. The van der Waals surface area contributed by atoms with Crippen molar-refractivity contribution in [2.75, 3.05) is 31.1 Å². The fourth-order valence-electron chi connectivity index (χ4n) is 3.96. The molecule has 0 saturated carbocycles. The molecule has 0 radical (unpaired) electrons. The smallest absolute Gasteiger partial charge is 0.253 e. The molecule has 6 heteroatoms. The van der Waals surface area contributed by atoms with Crippen LogP contribution in [0.1, 0.15) is 15.9 Å². The molecule has 1 aliphatic heterocycles. The zero-order valence-corrected chi connectivity index (χ0v) is 16.8. The van der Waals surface area contributed by atoms with Gasteiger partial charge in [-0.25, -0.2) is 0 Å². The molecule has 0 unspecified atom stereocenters. The third-order valence-electron chi connectivity index (χ3n) is 5.65. The number of rotatable bonds is 3. The minimum atomic E-state index is 0.0526. The maximum absolute atomic E-state index is 13.2. The van der Waals surface area contributed by atoms with Crippen LogP contribution in [0, 0.1) is 6.92 Å². The predicted molar refractivity (Wildman–Crippen MR) is 117 cm³/mol. The largest absolute Gasteiger partial charge is 0.354 e. The topological polar surface area (TPSA) is 62.5 Å². The van der Waals surface area contributed by atoms with E-state index in [-0.39, 0.29) is 5.91 Å². The lowest BCUT2D eigenvalue weighted by atomic mass is 10.0. The number of fused-ring (bicyclic) bond motifs is 1. The Morgan fingerprint density at radius 3 is 2.57 bits per heavy atom. The highest BCUT2D eigenvalue weighted by Gasteiger charge is 2.25. The molecule has 0 bridgehead atoms. The zero-order chi connectivity index (χ0) is 20.5. The number of aryl methyl sites for hydroxylation is 1. The number of para-hydroxylation sites is 1. The number of nitrogens with zero attached hydrogens (tertiary/aromatic N) is 4. The Bertz CT molecular complexity index is 1190. The van der Waals surface area contributed by atoms with Crippen molar-refractivity contribution in [2.45, 2.75) is 6.92 Å². The van der Waals surface area contributed by atoms with E-state index in [1.54, 1.807) is 6.20 Å². The second kappa shape index (κ2) is 7.63. The van der Waals surface area contributed by atoms with Crippen LogP contribution in [0.3, 0.4) is 0 Å². The lowest BCUT2D eigenvalue weighted by Gasteiger charge is -2.34. The maximum Gasteiger partial charge on any atom is 0.253 e. The summed E-state index contributed by atoms with van der Waals surface area (Å²) in [4.78, 5) is 21.7. The van der Waals surface area contributed by atoms with Crippen molar-refractivity contribution >= 4 is 22.7 Å². The van der Waals surface area contributed by atoms with Crippen molar-refractivity contribution in [3.8, 4) is 11.3 Å². The van der Waals surface area contributed by atoms with Gasteiger partial charge in [0.05, 0.1) is 11.1 Å². The summed E-state index contributed by atoms with van der Waals surface area (Å²) < 4.78 is 5.43. The summed E-state index contributed by atoms with van der Waals surface area (Å²) in [5.74, 6) is 0.905. The van der Waals surface area contributed by atoms with Crippen molar-refractivity contribution in [1.82, 2.24) is 15.0 Å². The first-order valence-electron chi connectivity index (χ1n) is 10.1. The van der Waals surface area contributed by atoms with Gasteiger partial charge in [0.25, 0.3) is 5.91 Å². The number of hydrogen-bond acceptors (Lipinski definition) is 5. The lowest BCUT2D eigenvalue weighted by Crippen LogP contribution is -2.49. The highest BCUT2D eigenvalue weighted by Crippen LogP contribution is 2.27. The van der Waals surface area contributed by atoms with Gasteiger partial charge in [0, 0.05) is 43.5 Å². The summed E-state index contributed by atoms with van der Waals surface area (Å²) in [6.07, 6.45) is 1.77. The molecule has 150 valence electrons.